The van der Waals surface area contributed by atoms with Gasteiger partial charge in [0.15, 0.2) is 5.78 Å². The predicted molar refractivity (Wildman–Crippen MR) is 72.1 cm³/mol. The fraction of sp³-hybridized carbons (Fsp3) is 0.188. The first-order valence-corrected chi connectivity index (χ1v) is 6.13. The van der Waals surface area contributed by atoms with Crippen LogP contribution in [-0.2, 0) is 6.42 Å². The summed E-state index contributed by atoms with van der Waals surface area (Å²) in [6, 6.07) is 8.68. The van der Waals surface area contributed by atoms with Gasteiger partial charge in [-0.15, -0.1) is 0 Å². The van der Waals surface area contributed by atoms with Crippen molar-refractivity contribution in [3.05, 3.63) is 64.7 Å². The van der Waals surface area contributed by atoms with Crippen molar-refractivity contribution in [3.8, 4) is 5.75 Å². The van der Waals surface area contributed by atoms with Crippen LogP contribution in [0.2, 0.25) is 0 Å². The molecule has 0 spiro atoms. The summed E-state index contributed by atoms with van der Waals surface area (Å²) >= 11 is 0. The Bertz CT molecular complexity index is 634. The molecule has 0 aliphatic rings. The second-order valence-corrected chi connectivity index (χ2v) is 4.50. The van der Waals surface area contributed by atoms with E-state index in [9.17, 15) is 13.6 Å². The standard InChI is InChI=1S/C16H14F2O2/c1-10-3-8-14(20-2)15(16(10)18)13(19)9-11-4-6-12(17)7-5-11/h3-8H,9H2,1-2H3. The smallest absolute Gasteiger partial charge is 0.173 e. The van der Waals surface area contributed by atoms with E-state index in [1.807, 2.05) is 0 Å². The number of Topliss-reactive ketones (excluding diaryl/α,β-unsaturated/α-hetero) is 1. The van der Waals surface area contributed by atoms with Gasteiger partial charge in [0.2, 0.25) is 0 Å². The number of carbonyl (C=O) groups is 1. The molecule has 0 unspecified atom stereocenters. The molecule has 0 saturated heterocycles. The average molecular weight is 276 g/mol. The Labute approximate surface area is 116 Å². The van der Waals surface area contributed by atoms with E-state index >= 15 is 0 Å². The number of carbonyl (C=O) groups excluding carboxylic acids is 1. The van der Waals surface area contributed by atoms with Crippen LogP contribution in [0.3, 0.4) is 0 Å². The van der Waals surface area contributed by atoms with Crippen molar-refractivity contribution in [3.63, 3.8) is 0 Å². The third-order valence-electron chi connectivity index (χ3n) is 3.07. The summed E-state index contributed by atoms with van der Waals surface area (Å²) in [6.45, 7) is 1.59. The molecule has 2 aromatic carbocycles. The predicted octanol–water partition coefficient (Wildman–Crippen LogP) is 3.71. The molecule has 0 N–H and O–H groups in total. The zero-order chi connectivity index (χ0) is 14.7. The molecule has 0 atom stereocenters. The van der Waals surface area contributed by atoms with Crippen LogP contribution < -0.4 is 4.74 Å². The van der Waals surface area contributed by atoms with Crippen LogP contribution in [-0.4, -0.2) is 12.9 Å². The average Bonchev–Trinajstić information content (AvgIpc) is 2.44. The van der Waals surface area contributed by atoms with Gasteiger partial charge in [-0.05, 0) is 36.2 Å². The lowest BCUT2D eigenvalue weighted by Crippen LogP contribution is -2.09. The van der Waals surface area contributed by atoms with E-state index < -0.39 is 11.6 Å². The Kier molecular flexibility index (Phi) is 4.13. The number of aryl methyl sites for hydroxylation is 1. The zero-order valence-corrected chi connectivity index (χ0v) is 11.2. The van der Waals surface area contributed by atoms with Crippen LogP contribution in [0.4, 0.5) is 8.78 Å². The minimum absolute atomic E-state index is 0.00296. The van der Waals surface area contributed by atoms with E-state index in [-0.39, 0.29) is 23.6 Å². The molecule has 104 valence electrons. The van der Waals surface area contributed by atoms with Gasteiger partial charge in [0.1, 0.15) is 17.4 Å². The Morgan fingerprint density at radius 2 is 1.75 bits per heavy atom. The maximum absolute atomic E-state index is 14.1. The molecule has 20 heavy (non-hydrogen) atoms. The van der Waals surface area contributed by atoms with Crippen molar-refractivity contribution >= 4 is 5.78 Å². The van der Waals surface area contributed by atoms with Gasteiger partial charge >= 0.3 is 0 Å². The van der Waals surface area contributed by atoms with Crippen molar-refractivity contribution in [2.24, 2.45) is 0 Å². The zero-order valence-electron chi connectivity index (χ0n) is 11.2. The number of hydrogen-bond donors (Lipinski definition) is 0. The van der Waals surface area contributed by atoms with Gasteiger partial charge in [0, 0.05) is 6.42 Å². The fourth-order valence-electron chi connectivity index (χ4n) is 1.97. The SMILES string of the molecule is COc1ccc(C)c(F)c1C(=O)Cc1ccc(F)cc1. The van der Waals surface area contributed by atoms with E-state index in [0.29, 0.717) is 11.1 Å². The van der Waals surface area contributed by atoms with E-state index in [4.69, 9.17) is 4.74 Å². The molecule has 0 fully saturated rings. The largest absolute Gasteiger partial charge is 0.496 e. The van der Waals surface area contributed by atoms with Gasteiger partial charge in [-0.25, -0.2) is 8.78 Å². The highest BCUT2D eigenvalue weighted by molar-refractivity contribution is 6.00. The van der Waals surface area contributed by atoms with Gasteiger partial charge in [-0.2, -0.15) is 0 Å². The summed E-state index contributed by atoms with van der Waals surface area (Å²) in [5.41, 5.74) is 0.949. The molecule has 0 aliphatic heterocycles. The van der Waals surface area contributed by atoms with E-state index in [0.717, 1.165) is 0 Å². The van der Waals surface area contributed by atoms with Crippen LogP contribution in [0.25, 0.3) is 0 Å². The third-order valence-corrected chi connectivity index (χ3v) is 3.07. The Morgan fingerprint density at radius 1 is 1.10 bits per heavy atom. The van der Waals surface area contributed by atoms with Crippen molar-refractivity contribution in [1.82, 2.24) is 0 Å². The van der Waals surface area contributed by atoms with Crippen LogP contribution in [0.15, 0.2) is 36.4 Å². The molecule has 0 aliphatic carbocycles. The molecule has 0 bridgehead atoms. The molecule has 0 saturated carbocycles. The van der Waals surface area contributed by atoms with Gasteiger partial charge in [-0.1, -0.05) is 18.2 Å². The molecule has 0 radical (unpaired) electrons. The Morgan fingerprint density at radius 3 is 2.35 bits per heavy atom. The molecule has 0 amide bonds. The van der Waals surface area contributed by atoms with Crippen LogP contribution >= 0.6 is 0 Å². The highest BCUT2D eigenvalue weighted by Gasteiger charge is 2.19. The van der Waals surface area contributed by atoms with E-state index in [2.05, 4.69) is 0 Å². The number of benzene rings is 2. The summed E-state index contributed by atoms with van der Waals surface area (Å²) in [5, 5.41) is 0. The number of ether oxygens (including phenoxy) is 1. The minimum Gasteiger partial charge on any atom is -0.496 e. The summed E-state index contributed by atoms with van der Waals surface area (Å²) < 4.78 is 32.0. The number of halogens is 2. The number of ketones is 1. The fourth-order valence-corrected chi connectivity index (χ4v) is 1.97. The quantitative estimate of drug-likeness (QED) is 0.796. The maximum Gasteiger partial charge on any atom is 0.173 e. The van der Waals surface area contributed by atoms with Crippen LogP contribution in [0, 0.1) is 18.6 Å². The lowest BCUT2D eigenvalue weighted by atomic mass is 10.00. The molecule has 0 aromatic heterocycles. The second kappa shape index (κ2) is 5.82. The van der Waals surface area contributed by atoms with Crippen LogP contribution in [0.1, 0.15) is 21.5 Å². The monoisotopic (exact) mass is 276 g/mol. The molecule has 2 rings (SSSR count). The normalized spacial score (nSPS) is 10.4. The lowest BCUT2D eigenvalue weighted by molar-refractivity contribution is 0.0985. The van der Waals surface area contributed by atoms with Gasteiger partial charge < -0.3 is 4.74 Å². The first-order valence-electron chi connectivity index (χ1n) is 6.13. The number of rotatable bonds is 4. The molecular formula is C16H14F2O2. The van der Waals surface area contributed by atoms with Crippen LogP contribution in [0.5, 0.6) is 5.75 Å². The molecule has 2 nitrogen and oxygen atoms in total. The van der Waals surface area contributed by atoms with Gasteiger partial charge in [-0.3, -0.25) is 4.79 Å². The number of methoxy groups -OCH3 is 1. The maximum atomic E-state index is 14.1. The minimum atomic E-state index is -0.573. The molecule has 0 heterocycles. The Hall–Kier alpha value is -2.23. The highest BCUT2D eigenvalue weighted by atomic mass is 19.1. The van der Waals surface area contributed by atoms with Gasteiger partial charge in [0.25, 0.3) is 0 Å². The van der Waals surface area contributed by atoms with Crippen molar-refractivity contribution < 1.29 is 18.3 Å². The van der Waals surface area contributed by atoms with Crippen molar-refractivity contribution in [2.75, 3.05) is 7.11 Å². The first-order chi connectivity index (χ1) is 9.52. The summed E-state index contributed by atoms with van der Waals surface area (Å²) in [4.78, 5) is 12.2. The highest BCUT2D eigenvalue weighted by Crippen LogP contribution is 2.25. The summed E-state index contributed by atoms with van der Waals surface area (Å²) in [5.74, 6) is -1.13. The third kappa shape index (κ3) is 2.85. The molecule has 2 aromatic rings. The molecular weight excluding hydrogens is 262 g/mol. The number of hydrogen-bond acceptors (Lipinski definition) is 2. The second-order valence-electron chi connectivity index (χ2n) is 4.50. The van der Waals surface area contributed by atoms with Crippen molar-refractivity contribution in [1.29, 1.82) is 0 Å². The van der Waals surface area contributed by atoms with E-state index in [1.54, 1.807) is 19.1 Å². The van der Waals surface area contributed by atoms with Gasteiger partial charge in [0.05, 0.1) is 12.7 Å². The summed E-state index contributed by atoms with van der Waals surface area (Å²) in [6.07, 6.45) is -0.00296. The topological polar surface area (TPSA) is 26.3 Å². The Balaban J connectivity index is 2.33. The van der Waals surface area contributed by atoms with E-state index in [1.165, 1.54) is 31.4 Å². The van der Waals surface area contributed by atoms with Crippen molar-refractivity contribution in [2.45, 2.75) is 13.3 Å². The first kappa shape index (κ1) is 14.2. The lowest BCUT2D eigenvalue weighted by Gasteiger charge is -2.10. The molecule has 4 heteroatoms. The summed E-state index contributed by atoms with van der Waals surface area (Å²) in [7, 11) is 1.39.